The quantitative estimate of drug-likeness (QED) is 0.434. The number of methoxy groups -OCH3 is 1. The van der Waals surface area contributed by atoms with Crippen LogP contribution >= 0.6 is 27.3 Å². The Morgan fingerprint density at radius 1 is 1.22 bits per heavy atom. The number of rotatable bonds is 7. The van der Waals surface area contributed by atoms with Crippen molar-refractivity contribution < 1.29 is 24.1 Å². The van der Waals surface area contributed by atoms with E-state index in [0.29, 0.717) is 43.0 Å². The molecule has 1 unspecified atom stereocenters. The average Bonchev–Trinajstić information content (AvgIpc) is 3.15. The van der Waals surface area contributed by atoms with E-state index in [1.54, 1.807) is 44.2 Å². The van der Waals surface area contributed by atoms with E-state index < -0.39 is 12.0 Å². The molecule has 1 aromatic heterocycles. The molecule has 1 aliphatic rings. The Hall–Kier alpha value is -3.37. The third-order valence-corrected chi connectivity index (χ3v) is 7.04. The molecule has 4 rings (SSSR count). The second kappa shape index (κ2) is 10.7. The standard InChI is InChI=1S/C26H25BrN2O6S/c1-5-34-18-9-7-15(8-10-18)22-21(25(32)35-6-2)14(3)28-26-29(22)24(31)20(36-26)12-16-11-17(27)13-19(33-4)23(16)30/h7-13,22,30H,5-6H2,1-4H3/b20-12+. The summed E-state index contributed by atoms with van der Waals surface area (Å²) in [5.41, 5.74) is 1.56. The van der Waals surface area contributed by atoms with Crippen molar-refractivity contribution in [2.75, 3.05) is 20.3 Å². The molecule has 1 aliphatic heterocycles. The minimum atomic E-state index is -0.733. The number of aromatic hydroxyl groups is 1. The molecule has 0 saturated heterocycles. The summed E-state index contributed by atoms with van der Waals surface area (Å²) in [6, 6.07) is 9.86. The predicted molar refractivity (Wildman–Crippen MR) is 140 cm³/mol. The molecule has 3 aromatic rings. The van der Waals surface area contributed by atoms with Crippen LogP contribution in [0.2, 0.25) is 0 Å². The highest BCUT2D eigenvalue weighted by atomic mass is 79.9. The molecule has 0 saturated carbocycles. The largest absolute Gasteiger partial charge is 0.504 e. The van der Waals surface area contributed by atoms with Crippen molar-refractivity contribution in [2.45, 2.75) is 26.8 Å². The summed E-state index contributed by atoms with van der Waals surface area (Å²) < 4.78 is 18.6. The summed E-state index contributed by atoms with van der Waals surface area (Å²) in [7, 11) is 1.45. The van der Waals surface area contributed by atoms with E-state index in [2.05, 4.69) is 20.9 Å². The van der Waals surface area contributed by atoms with Crippen LogP contribution in [0.5, 0.6) is 17.2 Å². The smallest absolute Gasteiger partial charge is 0.338 e. The number of thiazole rings is 1. The topological polar surface area (TPSA) is 99.4 Å². The van der Waals surface area contributed by atoms with Gasteiger partial charge in [0.15, 0.2) is 16.3 Å². The number of hydrogen-bond donors (Lipinski definition) is 1. The fraction of sp³-hybridized carbons (Fsp3) is 0.269. The van der Waals surface area contributed by atoms with Gasteiger partial charge in [0.2, 0.25) is 0 Å². The molecule has 0 bridgehead atoms. The van der Waals surface area contributed by atoms with Crippen molar-refractivity contribution in [3.63, 3.8) is 0 Å². The van der Waals surface area contributed by atoms with E-state index in [-0.39, 0.29) is 23.7 Å². The molecule has 0 spiro atoms. The highest BCUT2D eigenvalue weighted by Gasteiger charge is 2.33. The van der Waals surface area contributed by atoms with Crippen LogP contribution in [0.25, 0.3) is 6.08 Å². The van der Waals surface area contributed by atoms with E-state index in [9.17, 15) is 14.7 Å². The maximum absolute atomic E-state index is 13.7. The molecule has 1 atom stereocenters. The number of ether oxygens (including phenoxy) is 3. The highest BCUT2D eigenvalue weighted by molar-refractivity contribution is 9.10. The van der Waals surface area contributed by atoms with E-state index in [4.69, 9.17) is 14.2 Å². The van der Waals surface area contributed by atoms with Crippen molar-refractivity contribution >= 4 is 39.3 Å². The molecule has 0 amide bonds. The number of allylic oxidation sites excluding steroid dienone is 1. The van der Waals surface area contributed by atoms with Crippen LogP contribution in [0, 0.1) is 0 Å². The fourth-order valence-corrected chi connectivity index (χ4v) is 5.51. The molecule has 8 nitrogen and oxygen atoms in total. The van der Waals surface area contributed by atoms with Crippen molar-refractivity contribution in [3.8, 4) is 17.2 Å². The van der Waals surface area contributed by atoms with Crippen molar-refractivity contribution in [1.82, 2.24) is 4.57 Å². The number of hydrogen-bond acceptors (Lipinski definition) is 8. The minimum absolute atomic E-state index is 0.0852. The third kappa shape index (κ3) is 4.83. The maximum atomic E-state index is 13.7. The number of benzene rings is 2. The first-order chi connectivity index (χ1) is 17.3. The number of aromatic nitrogens is 1. The molecule has 1 N–H and O–H groups in total. The zero-order chi connectivity index (χ0) is 26.0. The highest BCUT2D eigenvalue weighted by Crippen LogP contribution is 2.34. The van der Waals surface area contributed by atoms with Gasteiger partial charge in [-0.3, -0.25) is 9.36 Å². The molecule has 0 aliphatic carbocycles. The van der Waals surface area contributed by atoms with Gasteiger partial charge in [-0.1, -0.05) is 39.4 Å². The number of phenols is 1. The second-order valence-electron chi connectivity index (χ2n) is 7.85. The zero-order valence-electron chi connectivity index (χ0n) is 20.2. The van der Waals surface area contributed by atoms with E-state index in [1.165, 1.54) is 23.0 Å². The molecule has 188 valence electrons. The summed E-state index contributed by atoms with van der Waals surface area (Å²) in [5, 5.41) is 10.6. The minimum Gasteiger partial charge on any atom is -0.504 e. The van der Waals surface area contributed by atoms with Crippen LogP contribution in [0.4, 0.5) is 0 Å². The summed E-state index contributed by atoms with van der Waals surface area (Å²) in [5.74, 6) is 0.349. The number of halogens is 1. The second-order valence-corrected chi connectivity index (χ2v) is 9.77. The van der Waals surface area contributed by atoms with Gasteiger partial charge in [0.1, 0.15) is 5.75 Å². The van der Waals surface area contributed by atoms with Gasteiger partial charge in [-0.05, 0) is 56.7 Å². The lowest BCUT2D eigenvalue weighted by Gasteiger charge is -2.24. The Morgan fingerprint density at radius 2 is 1.94 bits per heavy atom. The zero-order valence-corrected chi connectivity index (χ0v) is 22.6. The first kappa shape index (κ1) is 25.7. The van der Waals surface area contributed by atoms with Crippen LogP contribution in [0.15, 0.2) is 61.9 Å². The maximum Gasteiger partial charge on any atom is 0.338 e. The first-order valence-electron chi connectivity index (χ1n) is 11.3. The van der Waals surface area contributed by atoms with Gasteiger partial charge in [0.05, 0.1) is 42.2 Å². The third-order valence-electron chi connectivity index (χ3n) is 5.60. The molecular weight excluding hydrogens is 548 g/mol. The lowest BCUT2D eigenvalue weighted by Crippen LogP contribution is -2.39. The van der Waals surface area contributed by atoms with Crippen LogP contribution in [0.1, 0.15) is 37.9 Å². The number of nitrogens with zero attached hydrogens (tertiary/aromatic N) is 2. The monoisotopic (exact) mass is 572 g/mol. The number of carbonyl (C=O) groups excluding carboxylic acids is 1. The predicted octanol–water partition coefficient (Wildman–Crippen LogP) is 3.67. The van der Waals surface area contributed by atoms with Crippen molar-refractivity contribution in [2.24, 2.45) is 4.99 Å². The average molecular weight is 573 g/mol. The van der Waals surface area contributed by atoms with Crippen LogP contribution in [-0.4, -0.2) is 36.0 Å². The fourth-order valence-electron chi connectivity index (χ4n) is 4.02. The number of phenolic OH excluding ortho intramolecular Hbond substituents is 1. The Labute approximate surface area is 219 Å². The van der Waals surface area contributed by atoms with Gasteiger partial charge in [-0.25, -0.2) is 9.79 Å². The SMILES string of the molecule is CCOC(=O)C1=C(C)N=c2s/c(=C/c3cc(Br)cc(OC)c3O)c(=O)n2C1c1ccc(OCC)cc1. The summed E-state index contributed by atoms with van der Waals surface area (Å²) in [4.78, 5) is 31.7. The normalized spacial score (nSPS) is 15.4. The van der Waals surface area contributed by atoms with Gasteiger partial charge < -0.3 is 19.3 Å². The molecule has 10 heteroatoms. The first-order valence-corrected chi connectivity index (χ1v) is 12.9. The van der Waals surface area contributed by atoms with Gasteiger partial charge >= 0.3 is 5.97 Å². The number of carbonyl (C=O) groups is 1. The van der Waals surface area contributed by atoms with Crippen molar-refractivity contribution in [1.29, 1.82) is 0 Å². The Morgan fingerprint density at radius 3 is 2.58 bits per heavy atom. The van der Waals surface area contributed by atoms with Crippen LogP contribution in [0.3, 0.4) is 0 Å². The van der Waals surface area contributed by atoms with Gasteiger partial charge in [-0.15, -0.1) is 0 Å². The molecular formula is C26H25BrN2O6S. The molecule has 36 heavy (non-hydrogen) atoms. The van der Waals surface area contributed by atoms with Crippen LogP contribution in [-0.2, 0) is 9.53 Å². The van der Waals surface area contributed by atoms with E-state index >= 15 is 0 Å². The summed E-state index contributed by atoms with van der Waals surface area (Å²) in [6.45, 7) is 6.08. The van der Waals surface area contributed by atoms with E-state index in [0.717, 1.165) is 5.56 Å². The van der Waals surface area contributed by atoms with Gasteiger partial charge in [0, 0.05) is 10.0 Å². The lowest BCUT2D eigenvalue weighted by molar-refractivity contribution is -0.139. The van der Waals surface area contributed by atoms with E-state index in [1.807, 2.05) is 19.1 Å². The Kier molecular flexibility index (Phi) is 7.65. The molecule has 0 radical (unpaired) electrons. The van der Waals surface area contributed by atoms with Gasteiger partial charge in [0.25, 0.3) is 5.56 Å². The van der Waals surface area contributed by atoms with Gasteiger partial charge in [-0.2, -0.15) is 0 Å². The Bertz CT molecular complexity index is 1520. The Balaban J connectivity index is 1.94. The lowest BCUT2D eigenvalue weighted by atomic mass is 9.96. The van der Waals surface area contributed by atoms with Crippen molar-refractivity contribution in [3.05, 3.63) is 83.0 Å². The summed E-state index contributed by atoms with van der Waals surface area (Å²) in [6.07, 6.45) is 1.59. The molecule has 0 fully saturated rings. The molecule has 2 heterocycles. The van der Waals surface area contributed by atoms with Crippen LogP contribution < -0.4 is 24.4 Å². The number of esters is 1. The molecule has 2 aromatic carbocycles. The summed E-state index contributed by atoms with van der Waals surface area (Å²) >= 11 is 4.58. The number of fused-ring (bicyclic) bond motifs is 1.